The number of ether oxygens (including phenoxy) is 1. The largest absolute Gasteiger partial charge is 0.383 e. The Balaban J connectivity index is 2.63. The molecule has 1 aromatic rings. The van der Waals surface area contributed by atoms with Crippen LogP contribution in [0.25, 0.3) is 0 Å². The van der Waals surface area contributed by atoms with Gasteiger partial charge in [-0.1, -0.05) is 25.4 Å². The highest BCUT2D eigenvalue weighted by Gasteiger charge is 2.09. The monoisotopic (exact) mass is 302 g/mol. The van der Waals surface area contributed by atoms with Crippen LogP contribution in [0, 0.1) is 0 Å². The normalized spacial score (nSPS) is 11.1. The zero-order chi connectivity index (χ0) is 15.0. The first-order valence-electron chi connectivity index (χ1n) is 6.84. The number of rotatable bonds is 9. The van der Waals surface area contributed by atoms with Gasteiger partial charge >= 0.3 is 0 Å². The fourth-order valence-electron chi connectivity index (χ4n) is 1.81. The van der Waals surface area contributed by atoms with E-state index in [-0.39, 0.29) is 10.6 Å². The third-order valence-corrected chi connectivity index (χ3v) is 3.50. The van der Waals surface area contributed by atoms with Gasteiger partial charge < -0.3 is 15.0 Å². The topological polar surface area (TPSA) is 59.4 Å². The zero-order valence-electron chi connectivity index (χ0n) is 12.4. The maximum atomic E-state index is 12.0. The van der Waals surface area contributed by atoms with Gasteiger partial charge in [-0.25, -0.2) is 4.68 Å². The highest BCUT2D eigenvalue weighted by Crippen LogP contribution is 2.14. The van der Waals surface area contributed by atoms with Crippen LogP contribution in [0.4, 0.5) is 5.69 Å². The Morgan fingerprint density at radius 3 is 2.75 bits per heavy atom. The predicted molar refractivity (Wildman–Crippen MR) is 81.7 cm³/mol. The van der Waals surface area contributed by atoms with Crippen LogP contribution in [0.3, 0.4) is 0 Å². The summed E-state index contributed by atoms with van der Waals surface area (Å²) in [5.41, 5.74) is 0.286. The molecule has 1 heterocycles. The Labute approximate surface area is 124 Å². The number of nitrogens with zero attached hydrogens (tertiary/aromatic N) is 3. The molecule has 0 aromatic carbocycles. The van der Waals surface area contributed by atoms with Crippen molar-refractivity contribution < 1.29 is 4.74 Å². The molecule has 0 fully saturated rings. The smallest absolute Gasteiger partial charge is 0.287 e. The summed E-state index contributed by atoms with van der Waals surface area (Å²) in [6, 6.07) is 0. The van der Waals surface area contributed by atoms with Gasteiger partial charge in [-0.05, 0) is 13.1 Å². The van der Waals surface area contributed by atoms with Gasteiger partial charge in [-0.2, -0.15) is 5.10 Å². The molecule has 0 saturated heterocycles. The summed E-state index contributed by atoms with van der Waals surface area (Å²) in [6.45, 7) is 8.70. The van der Waals surface area contributed by atoms with E-state index < -0.39 is 0 Å². The van der Waals surface area contributed by atoms with Crippen molar-refractivity contribution in [3.8, 4) is 0 Å². The van der Waals surface area contributed by atoms with E-state index >= 15 is 0 Å². The van der Waals surface area contributed by atoms with Crippen LogP contribution in [-0.4, -0.2) is 54.6 Å². The third-order valence-electron chi connectivity index (χ3n) is 3.13. The van der Waals surface area contributed by atoms with E-state index in [0.717, 1.165) is 26.2 Å². The Kier molecular flexibility index (Phi) is 7.58. The maximum Gasteiger partial charge on any atom is 0.287 e. The van der Waals surface area contributed by atoms with Gasteiger partial charge in [0.2, 0.25) is 0 Å². The molecule has 0 bridgehead atoms. The van der Waals surface area contributed by atoms with Crippen LogP contribution in [-0.2, 0) is 11.3 Å². The Morgan fingerprint density at radius 2 is 2.15 bits per heavy atom. The summed E-state index contributed by atoms with van der Waals surface area (Å²) in [6.07, 6.45) is 1.58. The fourth-order valence-corrected chi connectivity index (χ4v) is 2.03. The summed E-state index contributed by atoms with van der Waals surface area (Å²) in [5.74, 6) is 0. The molecule has 0 atom stereocenters. The molecule has 1 rings (SSSR count). The average molecular weight is 303 g/mol. The van der Waals surface area contributed by atoms with Gasteiger partial charge in [0.05, 0.1) is 25.0 Å². The first-order chi connectivity index (χ1) is 9.63. The molecule has 0 radical (unpaired) electrons. The van der Waals surface area contributed by atoms with Gasteiger partial charge in [0, 0.05) is 20.2 Å². The minimum atomic E-state index is -0.295. The lowest BCUT2D eigenvalue weighted by Crippen LogP contribution is -2.30. The maximum absolute atomic E-state index is 12.0. The summed E-state index contributed by atoms with van der Waals surface area (Å²) in [4.78, 5) is 14.3. The molecule has 0 amide bonds. The second-order valence-electron chi connectivity index (χ2n) is 4.35. The van der Waals surface area contributed by atoms with Gasteiger partial charge in [0.25, 0.3) is 5.56 Å². The lowest BCUT2D eigenvalue weighted by atomic mass is 10.4. The summed E-state index contributed by atoms with van der Waals surface area (Å²) in [5, 5.41) is 7.41. The third kappa shape index (κ3) is 4.77. The number of aromatic nitrogens is 2. The molecule has 1 aromatic heterocycles. The highest BCUT2D eigenvalue weighted by atomic mass is 35.5. The minimum Gasteiger partial charge on any atom is -0.383 e. The van der Waals surface area contributed by atoms with Crippen LogP contribution in [0.2, 0.25) is 5.02 Å². The zero-order valence-corrected chi connectivity index (χ0v) is 13.1. The van der Waals surface area contributed by atoms with Crippen LogP contribution in [0.5, 0.6) is 0 Å². The molecule has 0 aliphatic heterocycles. The van der Waals surface area contributed by atoms with E-state index in [4.69, 9.17) is 16.3 Å². The number of likely N-dealkylation sites (N-methyl/N-ethyl adjacent to an activating group) is 1. The molecule has 114 valence electrons. The predicted octanol–water partition coefficient (Wildman–Crippen LogP) is 1.30. The van der Waals surface area contributed by atoms with E-state index in [1.54, 1.807) is 13.3 Å². The van der Waals surface area contributed by atoms with Crippen molar-refractivity contribution in [1.29, 1.82) is 0 Å². The number of methoxy groups -OCH3 is 1. The van der Waals surface area contributed by atoms with Gasteiger partial charge in [0.15, 0.2) is 0 Å². The lowest BCUT2D eigenvalue weighted by Gasteiger charge is -2.18. The number of hydrogen-bond donors (Lipinski definition) is 1. The molecule has 20 heavy (non-hydrogen) atoms. The number of nitrogens with one attached hydrogen (secondary N) is 1. The summed E-state index contributed by atoms with van der Waals surface area (Å²) >= 11 is 6.07. The van der Waals surface area contributed by atoms with E-state index in [9.17, 15) is 4.79 Å². The van der Waals surface area contributed by atoms with Crippen LogP contribution in [0.1, 0.15) is 13.8 Å². The van der Waals surface area contributed by atoms with Gasteiger partial charge in [-0.15, -0.1) is 0 Å². The number of anilines is 1. The minimum absolute atomic E-state index is 0.177. The Morgan fingerprint density at radius 1 is 1.45 bits per heavy atom. The average Bonchev–Trinajstić information content (AvgIpc) is 2.47. The Hall–Kier alpha value is -1.11. The molecule has 0 saturated carbocycles. The quantitative estimate of drug-likeness (QED) is 0.745. The van der Waals surface area contributed by atoms with Crippen molar-refractivity contribution in [2.45, 2.75) is 20.4 Å². The van der Waals surface area contributed by atoms with Crippen molar-refractivity contribution in [2.75, 3.05) is 45.2 Å². The SMILES string of the molecule is CCN(CC)CCNc1cnn(CCOC)c(=O)c1Cl. The molecule has 0 aliphatic rings. The van der Waals surface area contributed by atoms with Crippen LogP contribution >= 0.6 is 11.6 Å². The number of hydrogen-bond acceptors (Lipinski definition) is 5. The summed E-state index contributed by atoms with van der Waals surface area (Å²) < 4.78 is 6.23. The molecule has 0 aliphatic carbocycles. The second-order valence-corrected chi connectivity index (χ2v) is 4.72. The molecular formula is C13H23ClN4O2. The van der Waals surface area contributed by atoms with Gasteiger partial charge in [0.1, 0.15) is 5.02 Å². The van der Waals surface area contributed by atoms with Crippen molar-refractivity contribution in [3.63, 3.8) is 0 Å². The molecule has 7 heteroatoms. The van der Waals surface area contributed by atoms with E-state index in [1.807, 2.05) is 0 Å². The van der Waals surface area contributed by atoms with Crippen molar-refractivity contribution in [1.82, 2.24) is 14.7 Å². The summed E-state index contributed by atoms with van der Waals surface area (Å²) in [7, 11) is 1.58. The fraction of sp³-hybridized carbons (Fsp3) is 0.692. The molecule has 6 nitrogen and oxygen atoms in total. The molecule has 1 N–H and O–H groups in total. The van der Waals surface area contributed by atoms with E-state index in [0.29, 0.717) is 18.8 Å². The van der Waals surface area contributed by atoms with E-state index in [2.05, 4.69) is 29.2 Å². The van der Waals surface area contributed by atoms with Gasteiger partial charge in [-0.3, -0.25) is 4.79 Å². The molecule has 0 unspecified atom stereocenters. The first kappa shape index (κ1) is 16.9. The molecular weight excluding hydrogens is 280 g/mol. The van der Waals surface area contributed by atoms with Crippen molar-refractivity contribution in [2.24, 2.45) is 0 Å². The lowest BCUT2D eigenvalue weighted by molar-refractivity contribution is 0.182. The molecule has 0 spiro atoms. The second kappa shape index (κ2) is 8.94. The number of halogens is 1. The highest BCUT2D eigenvalue weighted by molar-refractivity contribution is 6.32. The van der Waals surface area contributed by atoms with Crippen LogP contribution < -0.4 is 10.9 Å². The first-order valence-corrected chi connectivity index (χ1v) is 7.22. The standard InChI is InChI=1S/C13H23ClN4O2/c1-4-17(5-2)7-6-15-11-10-16-18(8-9-20-3)13(19)12(11)14/h10,15H,4-9H2,1-3H3. The van der Waals surface area contributed by atoms with Crippen LogP contribution in [0.15, 0.2) is 11.0 Å². The Bertz CT molecular complexity index is 460. The van der Waals surface area contributed by atoms with Crippen molar-refractivity contribution >= 4 is 17.3 Å². The van der Waals surface area contributed by atoms with E-state index in [1.165, 1.54) is 4.68 Å². The van der Waals surface area contributed by atoms with Crippen molar-refractivity contribution in [3.05, 3.63) is 21.6 Å².